The fourth-order valence-electron chi connectivity index (χ4n) is 1.20. The lowest BCUT2D eigenvalue weighted by Crippen LogP contribution is -2.28. The maximum atomic E-state index is 11.7. The maximum absolute atomic E-state index is 11.7. The molecule has 18 heavy (non-hydrogen) atoms. The number of aliphatic carboxylic acids is 1. The van der Waals surface area contributed by atoms with Gasteiger partial charge in [0.2, 0.25) is 0 Å². The molecule has 0 heterocycles. The topological polar surface area (TPSA) is 75.6 Å². The molecule has 2 N–H and O–H groups in total. The molecule has 0 unspecified atom stereocenters. The molecule has 0 aliphatic heterocycles. The number of carbonyl (C=O) groups is 2. The second-order valence-electron chi connectivity index (χ2n) is 3.30. The van der Waals surface area contributed by atoms with Gasteiger partial charge in [0.25, 0.3) is 5.91 Å². The van der Waals surface area contributed by atoms with Gasteiger partial charge in [0.1, 0.15) is 6.61 Å². The summed E-state index contributed by atoms with van der Waals surface area (Å²) in [6.45, 7) is -0.128. The lowest BCUT2D eigenvalue weighted by molar-refractivity contribution is -0.142. The van der Waals surface area contributed by atoms with Crippen molar-refractivity contribution in [2.75, 3.05) is 19.8 Å². The SMILES string of the molecule is O=C(O)COCCNC(=O)c1c(Cl)cccc1Cl. The van der Waals surface area contributed by atoms with Crippen LogP contribution in [0.15, 0.2) is 18.2 Å². The van der Waals surface area contributed by atoms with E-state index in [1.807, 2.05) is 0 Å². The Morgan fingerprint density at radius 2 is 1.89 bits per heavy atom. The van der Waals surface area contributed by atoms with Crippen LogP contribution in [0.4, 0.5) is 0 Å². The highest BCUT2D eigenvalue weighted by molar-refractivity contribution is 6.39. The van der Waals surface area contributed by atoms with Gasteiger partial charge in [-0.25, -0.2) is 4.79 Å². The molecular weight excluding hydrogens is 281 g/mol. The largest absolute Gasteiger partial charge is 0.480 e. The first-order valence-corrected chi connectivity index (χ1v) is 5.79. The van der Waals surface area contributed by atoms with E-state index in [1.165, 1.54) is 0 Å². The zero-order valence-electron chi connectivity index (χ0n) is 9.28. The molecule has 0 spiro atoms. The predicted octanol–water partition coefficient (Wildman–Crippen LogP) is 1.82. The predicted molar refractivity (Wildman–Crippen MR) is 67.3 cm³/mol. The van der Waals surface area contributed by atoms with E-state index >= 15 is 0 Å². The number of rotatable bonds is 6. The number of nitrogens with one attached hydrogen (secondary N) is 1. The van der Waals surface area contributed by atoms with E-state index in [0.717, 1.165) is 0 Å². The number of hydrogen-bond acceptors (Lipinski definition) is 3. The smallest absolute Gasteiger partial charge is 0.329 e. The molecular formula is C11H11Cl2NO4. The Balaban J connectivity index is 2.44. The minimum atomic E-state index is -1.06. The summed E-state index contributed by atoms with van der Waals surface area (Å²) in [5.74, 6) is -1.49. The number of hydrogen-bond donors (Lipinski definition) is 2. The second-order valence-corrected chi connectivity index (χ2v) is 4.11. The Morgan fingerprint density at radius 3 is 2.44 bits per heavy atom. The number of carbonyl (C=O) groups excluding carboxylic acids is 1. The average Bonchev–Trinajstić information content (AvgIpc) is 2.27. The number of halogens is 2. The van der Waals surface area contributed by atoms with Crippen molar-refractivity contribution in [1.29, 1.82) is 0 Å². The van der Waals surface area contributed by atoms with Crippen LogP contribution in [0.5, 0.6) is 0 Å². The molecule has 1 aromatic carbocycles. The zero-order chi connectivity index (χ0) is 13.5. The Hall–Kier alpha value is -1.30. The van der Waals surface area contributed by atoms with Crippen LogP contribution in [0, 0.1) is 0 Å². The number of ether oxygens (including phenoxy) is 1. The third kappa shape index (κ3) is 4.52. The zero-order valence-corrected chi connectivity index (χ0v) is 10.8. The van der Waals surface area contributed by atoms with Gasteiger partial charge in [-0.15, -0.1) is 0 Å². The lowest BCUT2D eigenvalue weighted by Gasteiger charge is -2.08. The van der Waals surface area contributed by atoms with Gasteiger partial charge in [-0.1, -0.05) is 29.3 Å². The van der Waals surface area contributed by atoms with Crippen molar-refractivity contribution in [2.24, 2.45) is 0 Å². The molecule has 0 saturated carbocycles. The van der Waals surface area contributed by atoms with Crippen LogP contribution in [-0.4, -0.2) is 36.7 Å². The number of amides is 1. The van der Waals surface area contributed by atoms with Crippen molar-refractivity contribution in [3.8, 4) is 0 Å². The Kier molecular flexibility index (Phi) is 5.91. The quantitative estimate of drug-likeness (QED) is 0.784. The van der Waals surface area contributed by atoms with E-state index < -0.39 is 18.5 Å². The van der Waals surface area contributed by atoms with Gasteiger partial charge in [0.15, 0.2) is 0 Å². The molecule has 0 aliphatic carbocycles. The fraction of sp³-hybridized carbons (Fsp3) is 0.273. The van der Waals surface area contributed by atoms with Gasteiger partial charge in [-0.3, -0.25) is 4.79 Å². The van der Waals surface area contributed by atoms with Gasteiger partial charge in [-0.05, 0) is 12.1 Å². The summed E-state index contributed by atoms with van der Waals surface area (Å²) in [6, 6.07) is 4.75. The molecule has 1 amide bonds. The molecule has 0 aromatic heterocycles. The minimum Gasteiger partial charge on any atom is -0.480 e. The van der Waals surface area contributed by atoms with Gasteiger partial charge < -0.3 is 15.2 Å². The minimum absolute atomic E-state index is 0.0973. The molecule has 0 atom stereocenters. The normalized spacial score (nSPS) is 10.1. The summed E-state index contributed by atoms with van der Waals surface area (Å²) in [6.07, 6.45) is 0. The summed E-state index contributed by atoms with van der Waals surface area (Å²) in [7, 11) is 0. The van der Waals surface area contributed by atoms with E-state index in [4.69, 9.17) is 33.0 Å². The molecule has 0 bridgehead atoms. The molecule has 7 heteroatoms. The lowest BCUT2D eigenvalue weighted by atomic mass is 10.2. The third-order valence-corrected chi connectivity index (χ3v) is 2.58. The highest BCUT2D eigenvalue weighted by Gasteiger charge is 2.13. The highest BCUT2D eigenvalue weighted by Crippen LogP contribution is 2.23. The molecule has 1 aromatic rings. The summed E-state index contributed by atoms with van der Waals surface area (Å²) < 4.78 is 4.76. The van der Waals surface area contributed by atoms with E-state index in [-0.39, 0.29) is 28.8 Å². The van der Waals surface area contributed by atoms with Crippen LogP contribution in [0.3, 0.4) is 0 Å². The van der Waals surface area contributed by atoms with Crippen LogP contribution in [0.1, 0.15) is 10.4 Å². The van der Waals surface area contributed by atoms with Crippen molar-refractivity contribution in [3.05, 3.63) is 33.8 Å². The van der Waals surface area contributed by atoms with E-state index in [9.17, 15) is 9.59 Å². The highest BCUT2D eigenvalue weighted by atomic mass is 35.5. The van der Waals surface area contributed by atoms with Crippen LogP contribution in [0.2, 0.25) is 10.0 Å². The van der Waals surface area contributed by atoms with Gasteiger partial charge in [0.05, 0.1) is 22.2 Å². The molecule has 0 radical (unpaired) electrons. The summed E-state index contributed by atoms with van der Waals surface area (Å²) >= 11 is 11.7. The molecule has 1 rings (SSSR count). The Labute approximate surface area is 114 Å². The third-order valence-electron chi connectivity index (χ3n) is 1.95. The summed E-state index contributed by atoms with van der Waals surface area (Å²) in [5.41, 5.74) is 0.194. The van der Waals surface area contributed by atoms with Crippen LogP contribution >= 0.6 is 23.2 Å². The van der Waals surface area contributed by atoms with Crippen LogP contribution in [-0.2, 0) is 9.53 Å². The standard InChI is InChI=1S/C11H11Cl2NO4/c12-7-2-1-3-8(13)10(7)11(17)14-4-5-18-6-9(15)16/h1-3H,4-6H2,(H,14,17)(H,15,16). The number of benzene rings is 1. The Bertz CT molecular complexity index is 430. The maximum Gasteiger partial charge on any atom is 0.329 e. The second kappa shape index (κ2) is 7.20. The molecule has 5 nitrogen and oxygen atoms in total. The van der Waals surface area contributed by atoms with Gasteiger partial charge in [0, 0.05) is 6.54 Å². The average molecular weight is 292 g/mol. The number of carboxylic acids is 1. The first-order valence-electron chi connectivity index (χ1n) is 5.04. The molecule has 98 valence electrons. The van der Waals surface area contributed by atoms with Crippen molar-refractivity contribution in [3.63, 3.8) is 0 Å². The van der Waals surface area contributed by atoms with Gasteiger partial charge >= 0.3 is 5.97 Å². The van der Waals surface area contributed by atoms with Crippen molar-refractivity contribution >= 4 is 35.1 Å². The monoisotopic (exact) mass is 291 g/mol. The van der Waals surface area contributed by atoms with Crippen molar-refractivity contribution in [1.82, 2.24) is 5.32 Å². The fourth-order valence-corrected chi connectivity index (χ4v) is 1.77. The Morgan fingerprint density at radius 1 is 1.28 bits per heavy atom. The van der Waals surface area contributed by atoms with Crippen LogP contribution in [0.25, 0.3) is 0 Å². The van der Waals surface area contributed by atoms with Gasteiger partial charge in [-0.2, -0.15) is 0 Å². The van der Waals surface area contributed by atoms with Crippen molar-refractivity contribution < 1.29 is 19.4 Å². The first kappa shape index (κ1) is 14.8. The first-order chi connectivity index (χ1) is 8.52. The summed E-state index contributed by atoms with van der Waals surface area (Å²) in [4.78, 5) is 21.9. The van der Waals surface area contributed by atoms with Crippen LogP contribution < -0.4 is 5.32 Å². The molecule has 0 fully saturated rings. The number of carboxylic acid groups (broad SMARTS) is 1. The van der Waals surface area contributed by atoms with E-state index in [1.54, 1.807) is 18.2 Å². The van der Waals surface area contributed by atoms with Crippen molar-refractivity contribution in [2.45, 2.75) is 0 Å². The van der Waals surface area contributed by atoms with E-state index in [0.29, 0.717) is 0 Å². The summed E-state index contributed by atoms with van der Waals surface area (Å²) in [5, 5.41) is 11.4. The molecule has 0 saturated heterocycles. The van der Waals surface area contributed by atoms with E-state index in [2.05, 4.69) is 5.32 Å². The molecule has 0 aliphatic rings.